The highest BCUT2D eigenvalue weighted by molar-refractivity contribution is 7.99. The van der Waals surface area contributed by atoms with Gasteiger partial charge in [0.15, 0.2) is 0 Å². The molecule has 0 radical (unpaired) electrons. The Morgan fingerprint density at radius 3 is 2.65 bits per heavy atom. The van der Waals surface area contributed by atoms with E-state index in [9.17, 15) is 4.79 Å². The number of hydrogen-bond acceptors (Lipinski definition) is 3. The first-order valence-corrected chi connectivity index (χ1v) is 9.27. The zero-order chi connectivity index (χ0) is 14.7. The van der Waals surface area contributed by atoms with E-state index in [0.29, 0.717) is 23.0 Å². The Balaban J connectivity index is 2.04. The Bertz CT molecular complexity index is 328. The van der Waals surface area contributed by atoms with Gasteiger partial charge in [-0.2, -0.15) is 11.8 Å². The van der Waals surface area contributed by atoms with Crippen LogP contribution in [0, 0.1) is 11.8 Å². The van der Waals surface area contributed by atoms with Crippen molar-refractivity contribution >= 4 is 17.7 Å². The summed E-state index contributed by atoms with van der Waals surface area (Å²) in [6.07, 6.45) is 5.22. The van der Waals surface area contributed by atoms with Crippen molar-refractivity contribution in [2.24, 2.45) is 11.8 Å². The maximum atomic E-state index is 12.7. The van der Waals surface area contributed by atoms with Gasteiger partial charge in [-0.1, -0.05) is 40.5 Å². The molecule has 4 atom stereocenters. The van der Waals surface area contributed by atoms with E-state index in [1.54, 1.807) is 0 Å². The van der Waals surface area contributed by atoms with Crippen LogP contribution in [0.25, 0.3) is 0 Å². The van der Waals surface area contributed by atoms with Gasteiger partial charge in [-0.25, -0.2) is 0 Å². The molecule has 2 aliphatic rings. The molecule has 4 heteroatoms. The molecule has 2 rings (SSSR count). The van der Waals surface area contributed by atoms with Gasteiger partial charge in [0.1, 0.15) is 0 Å². The van der Waals surface area contributed by atoms with Crippen molar-refractivity contribution in [3.8, 4) is 0 Å². The lowest BCUT2D eigenvalue weighted by Gasteiger charge is -2.32. The first-order chi connectivity index (χ1) is 9.54. The largest absolute Gasteiger partial charge is 0.324 e. The van der Waals surface area contributed by atoms with Crippen molar-refractivity contribution < 1.29 is 4.79 Å². The molecule has 0 saturated carbocycles. The predicted octanol–water partition coefficient (Wildman–Crippen LogP) is 3.10. The molecule has 0 aromatic carbocycles. The zero-order valence-electron chi connectivity index (χ0n) is 13.4. The molecule has 1 N–H and O–H groups in total. The quantitative estimate of drug-likeness (QED) is 0.846. The molecule has 3 nitrogen and oxygen atoms in total. The average Bonchev–Trinajstić information content (AvgIpc) is 2.77. The molecule has 0 spiro atoms. The Morgan fingerprint density at radius 2 is 2.10 bits per heavy atom. The predicted molar refractivity (Wildman–Crippen MR) is 86.8 cm³/mol. The smallest absolute Gasteiger partial charge is 0.241 e. The van der Waals surface area contributed by atoms with E-state index >= 15 is 0 Å². The standard InChI is InChI=1S/C16H30N2OS/c1-5-12(4)14-16(19)18(15(17-14)11(2)3)10-13-8-6-7-9-20-13/h11-15,17H,5-10H2,1-4H3. The van der Waals surface area contributed by atoms with E-state index in [2.05, 4.69) is 49.7 Å². The maximum Gasteiger partial charge on any atom is 0.241 e. The van der Waals surface area contributed by atoms with Crippen molar-refractivity contribution in [3.63, 3.8) is 0 Å². The van der Waals surface area contributed by atoms with Gasteiger partial charge in [0.05, 0.1) is 12.2 Å². The van der Waals surface area contributed by atoms with Gasteiger partial charge in [0.25, 0.3) is 0 Å². The van der Waals surface area contributed by atoms with Crippen LogP contribution >= 0.6 is 11.8 Å². The molecule has 2 aliphatic heterocycles. The topological polar surface area (TPSA) is 32.3 Å². The molecule has 0 aromatic heterocycles. The second-order valence-electron chi connectivity index (χ2n) is 6.70. The number of amides is 1. The van der Waals surface area contributed by atoms with E-state index in [1.165, 1.54) is 25.0 Å². The number of rotatable bonds is 5. The molecule has 2 saturated heterocycles. The highest BCUT2D eigenvalue weighted by Gasteiger charge is 2.42. The van der Waals surface area contributed by atoms with Crippen LogP contribution in [0.5, 0.6) is 0 Å². The normalized spacial score (nSPS) is 33.0. The van der Waals surface area contributed by atoms with Gasteiger partial charge < -0.3 is 4.90 Å². The molecule has 116 valence electrons. The van der Waals surface area contributed by atoms with Crippen LogP contribution in [-0.2, 0) is 4.79 Å². The van der Waals surface area contributed by atoms with Crippen LogP contribution in [-0.4, -0.2) is 40.6 Å². The van der Waals surface area contributed by atoms with Crippen LogP contribution < -0.4 is 5.32 Å². The number of carbonyl (C=O) groups excluding carboxylic acids is 1. The summed E-state index contributed by atoms with van der Waals surface area (Å²) >= 11 is 2.06. The molecule has 0 bridgehead atoms. The number of thioether (sulfide) groups is 1. The Morgan fingerprint density at radius 1 is 1.35 bits per heavy atom. The summed E-state index contributed by atoms with van der Waals surface area (Å²) in [5.74, 6) is 2.50. The molecule has 0 aromatic rings. The SMILES string of the molecule is CCC(C)C1NC(C(C)C)N(CC2CCCCS2)C1=O. The van der Waals surface area contributed by atoms with Gasteiger partial charge in [0.2, 0.25) is 5.91 Å². The van der Waals surface area contributed by atoms with Crippen molar-refractivity contribution in [2.75, 3.05) is 12.3 Å². The van der Waals surface area contributed by atoms with E-state index in [1.807, 2.05) is 0 Å². The van der Waals surface area contributed by atoms with E-state index in [-0.39, 0.29) is 12.2 Å². The van der Waals surface area contributed by atoms with Gasteiger partial charge in [-0.05, 0) is 30.4 Å². The van der Waals surface area contributed by atoms with Crippen LogP contribution in [0.2, 0.25) is 0 Å². The number of nitrogens with one attached hydrogen (secondary N) is 1. The van der Waals surface area contributed by atoms with Crippen LogP contribution in [0.4, 0.5) is 0 Å². The molecular formula is C16H30N2OS. The van der Waals surface area contributed by atoms with Crippen molar-refractivity contribution in [1.82, 2.24) is 10.2 Å². The highest BCUT2D eigenvalue weighted by Crippen LogP contribution is 2.29. The monoisotopic (exact) mass is 298 g/mol. The lowest BCUT2D eigenvalue weighted by atomic mass is 9.99. The van der Waals surface area contributed by atoms with E-state index < -0.39 is 0 Å². The summed E-state index contributed by atoms with van der Waals surface area (Å²) in [7, 11) is 0. The van der Waals surface area contributed by atoms with Crippen LogP contribution in [0.15, 0.2) is 0 Å². The van der Waals surface area contributed by atoms with Gasteiger partial charge in [0, 0.05) is 11.8 Å². The fraction of sp³-hybridized carbons (Fsp3) is 0.938. The summed E-state index contributed by atoms with van der Waals surface area (Å²) in [5.41, 5.74) is 0. The van der Waals surface area contributed by atoms with E-state index in [0.717, 1.165) is 13.0 Å². The molecule has 20 heavy (non-hydrogen) atoms. The average molecular weight is 298 g/mol. The molecule has 2 heterocycles. The minimum Gasteiger partial charge on any atom is -0.324 e. The van der Waals surface area contributed by atoms with Gasteiger partial charge >= 0.3 is 0 Å². The number of nitrogens with zero attached hydrogens (tertiary/aromatic N) is 1. The fourth-order valence-corrected chi connectivity index (χ4v) is 4.53. The van der Waals surface area contributed by atoms with Crippen molar-refractivity contribution in [1.29, 1.82) is 0 Å². The van der Waals surface area contributed by atoms with Crippen LogP contribution in [0.1, 0.15) is 53.4 Å². The van der Waals surface area contributed by atoms with Crippen molar-refractivity contribution in [2.45, 2.75) is 70.8 Å². The second-order valence-corrected chi connectivity index (χ2v) is 8.11. The minimum atomic E-state index is 0.0287. The number of hydrogen-bond donors (Lipinski definition) is 1. The summed E-state index contributed by atoms with van der Waals surface area (Å²) in [5, 5.41) is 4.24. The van der Waals surface area contributed by atoms with Crippen molar-refractivity contribution in [3.05, 3.63) is 0 Å². The molecular weight excluding hydrogens is 268 g/mol. The maximum absolute atomic E-state index is 12.7. The molecule has 0 aliphatic carbocycles. The Labute approximate surface area is 128 Å². The highest BCUT2D eigenvalue weighted by atomic mass is 32.2. The Hall–Kier alpha value is -0.220. The first kappa shape index (κ1) is 16.2. The summed E-state index contributed by atoms with van der Waals surface area (Å²) in [6, 6.07) is 0.0287. The summed E-state index contributed by atoms with van der Waals surface area (Å²) in [4.78, 5) is 14.9. The molecule has 2 fully saturated rings. The lowest BCUT2D eigenvalue weighted by molar-refractivity contribution is -0.131. The number of carbonyl (C=O) groups is 1. The second kappa shape index (κ2) is 7.17. The van der Waals surface area contributed by atoms with Crippen LogP contribution in [0.3, 0.4) is 0 Å². The Kier molecular flexibility index (Phi) is 5.79. The lowest BCUT2D eigenvalue weighted by Crippen LogP contribution is -2.44. The van der Waals surface area contributed by atoms with Gasteiger partial charge in [-0.3, -0.25) is 10.1 Å². The first-order valence-electron chi connectivity index (χ1n) is 8.22. The minimum absolute atomic E-state index is 0.0287. The summed E-state index contributed by atoms with van der Waals surface area (Å²) < 4.78 is 0. The third kappa shape index (κ3) is 3.51. The van der Waals surface area contributed by atoms with E-state index in [4.69, 9.17) is 0 Å². The zero-order valence-corrected chi connectivity index (χ0v) is 14.2. The third-order valence-electron chi connectivity index (χ3n) is 4.75. The molecule has 4 unspecified atom stereocenters. The summed E-state index contributed by atoms with van der Waals surface area (Å²) in [6.45, 7) is 9.72. The molecule has 1 amide bonds. The fourth-order valence-electron chi connectivity index (χ4n) is 3.23. The third-order valence-corrected chi connectivity index (χ3v) is 6.13. The van der Waals surface area contributed by atoms with Gasteiger partial charge in [-0.15, -0.1) is 0 Å².